The number of likely N-dealkylation sites (tertiary alicyclic amines) is 1. The van der Waals surface area contributed by atoms with E-state index in [1.807, 2.05) is 4.90 Å². The summed E-state index contributed by atoms with van der Waals surface area (Å²) in [5.74, 6) is -0.481. The molecule has 1 aliphatic rings. The topological polar surface area (TPSA) is 77.8 Å². The predicted octanol–water partition coefficient (Wildman–Crippen LogP) is 4.12. The molecule has 5 heteroatoms. The van der Waals surface area contributed by atoms with E-state index < -0.39 is 5.97 Å². The number of unbranched alkanes of at least 4 members (excludes halogenated alkanes) is 5. The van der Waals surface area contributed by atoms with Crippen LogP contribution in [0.1, 0.15) is 96.8 Å². The third kappa shape index (κ3) is 9.83. The smallest absolute Gasteiger partial charge is 0.303 e. The van der Waals surface area contributed by atoms with Gasteiger partial charge < -0.3 is 15.1 Å². The van der Waals surface area contributed by atoms with E-state index in [4.69, 9.17) is 5.11 Å². The lowest BCUT2D eigenvalue weighted by molar-refractivity contribution is -0.137. The summed E-state index contributed by atoms with van der Waals surface area (Å²) in [5, 5.41) is 18.8. The van der Waals surface area contributed by atoms with Gasteiger partial charge in [-0.25, -0.2) is 0 Å². The minimum Gasteiger partial charge on any atom is -0.481 e. The molecule has 1 aliphatic heterocycles. The number of hydrogen-bond donors (Lipinski definition) is 2. The van der Waals surface area contributed by atoms with Crippen LogP contribution in [0.25, 0.3) is 0 Å². The van der Waals surface area contributed by atoms with Crippen molar-refractivity contribution in [3.63, 3.8) is 0 Å². The van der Waals surface area contributed by atoms with Gasteiger partial charge in [-0.05, 0) is 44.9 Å². The number of hydrogen-bond acceptors (Lipinski definition) is 3. The number of aliphatic carboxylic acids is 1. The van der Waals surface area contributed by atoms with Crippen LogP contribution in [0.15, 0.2) is 0 Å². The second-order valence-electron chi connectivity index (χ2n) is 7.42. The second kappa shape index (κ2) is 13.2. The Morgan fingerprint density at radius 2 is 1.92 bits per heavy atom. The number of amides is 1. The summed E-state index contributed by atoms with van der Waals surface area (Å²) in [6.45, 7) is 2.95. The zero-order chi connectivity index (χ0) is 18.5. The van der Waals surface area contributed by atoms with Crippen LogP contribution < -0.4 is 0 Å². The number of carbonyl (C=O) groups is 2. The van der Waals surface area contributed by atoms with Gasteiger partial charge in [-0.15, -0.1) is 0 Å². The molecule has 1 unspecified atom stereocenters. The van der Waals surface area contributed by atoms with Gasteiger partial charge in [0.25, 0.3) is 0 Å². The van der Waals surface area contributed by atoms with E-state index in [9.17, 15) is 14.7 Å². The number of carbonyl (C=O) groups excluding carboxylic acids is 1. The normalized spacial score (nSPS) is 19.2. The fourth-order valence-electron chi connectivity index (χ4n) is 3.67. The Balaban J connectivity index is 2.27. The van der Waals surface area contributed by atoms with Crippen LogP contribution in [0.5, 0.6) is 0 Å². The van der Waals surface area contributed by atoms with E-state index in [0.717, 1.165) is 70.8 Å². The van der Waals surface area contributed by atoms with Crippen LogP contribution >= 0.6 is 0 Å². The molecule has 2 atom stereocenters. The van der Waals surface area contributed by atoms with E-state index in [1.54, 1.807) is 0 Å². The molecule has 0 bridgehead atoms. The van der Waals surface area contributed by atoms with Gasteiger partial charge in [0.1, 0.15) is 0 Å². The average molecular weight is 356 g/mol. The summed E-state index contributed by atoms with van der Waals surface area (Å²) in [4.78, 5) is 24.8. The van der Waals surface area contributed by atoms with Crippen molar-refractivity contribution in [3.05, 3.63) is 0 Å². The number of nitrogens with zero attached hydrogens (tertiary/aromatic N) is 1. The zero-order valence-corrected chi connectivity index (χ0v) is 15.9. The summed E-state index contributed by atoms with van der Waals surface area (Å²) in [7, 11) is 0. The molecule has 0 radical (unpaired) electrons. The molecule has 2 N–H and O–H groups in total. The first kappa shape index (κ1) is 21.9. The van der Waals surface area contributed by atoms with E-state index >= 15 is 0 Å². The van der Waals surface area contributed by atoms with Gasteiger partial charge in [-0.2, -0.15) is 0 Å². The molecule has 25 heavy (non-hydrogen) atoms. The van der Waals surface area contributed by atoms with Crippen LogP contribution in [0.2, 0.25) is 0 Å². The molecule has 1 amide bonds. The molecule has 0 aromatic heterocycles. The Morgan fingerprint density at radius 1 is 1.16 bits per heavy atom. The standard InChI is InChI=1S/C20H37NO4/c1-2-3-6-11-18(22)15-14-17-10-9-12-19(23)21(17)16-8-5-4-7-13-20(24)25/h17-18,22H,2-16H2,1H3,(H,24,25)/t17-,18?/m1/s1. The van der Waals surface area contributed by atoms with Crippen molar-refractivity contribution in [2.45, 2.75) is 109 Å². The maximum atomic E-state index is 12.3. The van der Waals surface area contributed by atoms with Crippen molar-refractivity contribution >= 4 is 11.9 Å². The van der Waals surface area contributed by atoms with E-state index in [-0.39, 0.29) is 24.5 Å². The highest BCUT2D eigenvalue weighted by atomic mass is 16.4. The fraction of sp³-hybridized carbons (Fsp3) is 0.900. The number of carboxylic acids is 1. The molecule has 1 saturated heterocycles. The molecular formula is C20H37NO4. The summed E-state index contributed by atoms with van der Waals surface area (Å²) < 4.78 is 0. The monoisotopic (exact) mass is 355 g/mol. The fourth-order valence-corrected chi connectivity index (χ4v) is 3.67. The zero-order valence-electron chi connectivity index (χ0n) is 15.9. The Kier molecular flexibility index (Phi) is 11.5. The minimum atomic E-state index is -0.733. The summed E-state index contributed by atoms with van der Waals surface area (Å²) in [6.07, 6.45) is 12.2. The van der Waals surface area contributed by atoms with Gasteiger partial charge in [0.05, 0.1) is 6.10 Å². The Morgan fingerprint density at radius 3 is 2.64 bits per heavy atom. The van der Waals surface area contributed by atoms with Crippen molar-refractivity contribution in [1.82, 2.24) is 4.90 Å². The van der Waals surface area contributed by atoms with Gasteiger partial charge in [0, 0.05) is 25.4 Å². The van der Waals surface area contributed by atoms with Crippen LogP contribution in [0.3, 0.4) is 0 Å². The molecule has 1 rings (SSSR count). The SMILES string of the molecule is CCCCCC(O)CC[C@H]1CCCC(=O)N1CCCCCCC(=O)O. The summed E-state index contributed by atoms with van der Waals surface area (Å²) >= 11 is 0. The first-order valence-electron chi connectivity index (χ1n) is 10.2. The lowest BCUT2D eigenvalue weighted by atomic mass is 9.94. The molecule has 0 saturated carbocycles. The Bertz CT molecular complexity index is 386. The molecule has 5 nitrogen and oxygen atoms in total. The minimum absolute atomic E-state index is 0.235. The highest BCUT2D eigenvalue weighted by molar-refractivity contribution is 5.77. The maximum Gasteiger partial charge on any atom is 0.303 e. The van der Waals surface area contributed by atoms with Gasteiger partial charge in [0.2, 0.25) is 5.91 Å². The van der Waals surface area contributed by atoms with Crippen LogP contribution in [-0.2, 0) is 9.59 Å². The first-order valence-corrected chi connectivity index (χ1v) is 10.2. The number of rotatable bonds is 14. The molecule has 146 valence electrons. The first-order chi connectivity index (χ1) is 12.0. The van der Waals surface area contributed by atoms with Crippen molar-refractivity contribution < 1.29 is 19.8 Å². The highest BCUT2D eigenvalue weighted by Crippen LogP contribution is 2.24. The summed E-state index contributed by atoms with van der Waals surface area (Å²) in [6, 6.07) is 0.279. The Labute approximate surface area is 152 Å². The largest absolute Gasteiger partial charge is 0.481 e. The molecule has 0 aliphatic carbocycles. The lowest BCUT2D eigenvalue weighted by Gasteiger charge is -2.36. The molecule has 0 aromatic rings. The van der Waals surface area contributed by atoms with Crippen molar-refractivity contribution in [2.75, 3.05) is 6.54 Å². The third-order valence-electron chi connectivity index (χ3n) is 5.20. The number of piperidine rings is 1. The molecule has 0 aromatic carbocycles. The average Bonchev–Trinajstić information content (AvgIpc) is 2.57. The maximum absolute atomic E-state index is 12.3. The highest BCUT2D eigenvalue weighted by Gasteiger charge is 2.27. The van der Waals surface area contributed by atoms with Crippen LogP contribution in [0, 0.1) is 0 Å². The second-order valence-corrected chi connectivity index (χ2v) is 7.42. The van der Waals surface area contributed by atoms with Crippen LogP contribution in [0.4, 0.5) is 0 Å². The van der Waals surface area contributed by atoms with Crippen LogP contribution in [-0.4, -0.2) is 45.7 Å². The van der Waals surface area contributed by atoms with E-state index in [2.05, 4.69) is 6.92 Å². The van der Waals surface area contributed by atoms with Gasteiger partial charge in [-0.3, -0.25) is 9.59 Å². The van der Waals surface area contributed by atoms with E-state index in [1.165, 1.54) is 12.8 Å². The van der Waals surface area contributed by atoms with Crippen molar-refractivity contribution in [1.29, 1.82) is 0 Å². The molecule has 1 fully saturated rings. The quantitative estimate of drug-likeness (QED) is 0.459. The molecule has 0 spiro atoms. The van der Waals surface area contributed by atoms with Gasteiger partial charge in [0.15, 0.2) is 0 Å². The number of aliphatic hydroxyl groups excluding tert-OH is 1. The van der Waals surface area contributed by atoms with Gasteiger partial charge in [-0.1, -0.05) is 39.0 Å². The molecule has 1 heterocycles. The van der Waals surface area contributed by atoms with Gasteiger partial charge >= 0.3 is 5.97 Å². The van der Waals surface area contributed by atoms with Crippen molar-refractivity contribution in [2.24, 2.45) is 0 Å². The number of carboxylic acid groups (broad SMARTS) is 1. The molecular weight excluding hydrogens is 318 g/mol. The predicted molar refractivity (Wildman–Crippen MR) is 99.5 cm³/mol. The Hall–Kier alpha value is -1.10. The lowest BCUT2D eigenvalue weighted by Crippen LogP contribution is -2.44. The van der Waals surface area contributed by atoms with E-state index in [0.29, 0.717) is 6.42 Å². The third-order valence-corrected chi connectivity index (χ3v) is 5.20. The van der Waals surface area contributed by atoms with Crippen molar-refractivity contribution in [3.8, 4) is 0 Å². The number of aliphatic hydroxyl groups is 1. The summed E-state index contributed by atoms with van der Waals surface area (Å²) in [5.41, 5.74) is 0.